The minimum Gasteiger partial charge on any atom is -0.456 e. The standard InChI is InChI=1S/C26H18N2O2/c1-15-11-12-19-18-9-6-10-20(25(18)30-26(19)28-15)22-13-23-21(14-27-22)16(2)24(29-23)17-7-4-3-5-8-17/h3-14H,1-2H3. The predicted octanol–water partition coefficient (Wildman–Crippen LogP) is 7.07. The third kappa shape index (κ3) is 2.47. The first-order valence-corrected chi connectivity index (χ1v) is 9.93. The molecule has 0 fully saturated rings. The molecule has 0 aliphatic rings. The number of nitrogens with zero attached hydrogens (tertiary/aromatic N) is 2. The number of fused-ring (bicyclic) bond motifs is 4. The zero-order chi connectivity index (χ0) is 20.2. The number of rotatable bonds is 2. The van der Waals surface area contributed by atoms with E-state index < -0.39 is 0 Å². The lowest BCUT2D eigenvalue weighted by atomic mass is 10.1. The Morgan fingerprint density at radius 2 is 1.63 bits per heavy atom. The molecule has 0 saturated heterocycles. The van der Waals surface area contributed by atoms with Crippen molar-refractivity contribution in [2.45, 2.75) is 13.8 Å². The van der Waals surface area contributed by atoms with Crippen LogP contribution in [0.5, 0.6) is 0 Å². The second-order valence-electron chi connectivity index (χ2n) is 7.58. The molecule has 4 nitrogen and oxygen atoms in total. The van der Waals surface area contributed by atoms with Gasteiger partial charge < -0.3 is 8.83 Å². The maximum atomic E-state index is 6.25. The lowest BCUT2D eigenvalue weighted by Crippen LogP contribution is -1.84. The predicted molar refractivity (Wildman–Crippen MR) is 119 cm³/mol. The van der Waals surface area contributed by atoms with Crippen molar-refractivity contribution in [1.82, 2.24) is 9.97 Å². The van der Waals surface area contributed by atoms with Crippen molar-refractivity contribution in [1.29, 1.82) is 0 Å². The van der Waals surface area contributed by atoms with Gasteiger partial charge in [-0.25, -0.2) is 4.98 Å². The molecule has 6 rings (SSSR count). The summed E-state index contributed by atoms with van der Waals surface area (Å²) in [5.74, 6) is 0.881. The highest BCUT2D eigenvalue weighted by Crippen LogP contribution is 2.37. The molecule has 4 heterocycles. The van der Waals surface area contributed by atoms with E-state index in [1.165, 1.54) is 0 Å². The van der Waals surface area contributed by atoms with Crippen LogP contribution in [0.2, 0.25) is 0 Å². The van der Waals surface area contributed by atoms with Crippen molar-refractivity contribution in [2.75, 3.05) is 0 Å². The molecule has 6 aromatic rings. The molecule has 0 N–H and O–H groups in total. The average molecular weight is 390 g/mol. The lowest BCUT2D eigenvalue weighted by Gasteiger charge is -2.01. The summed E-state index contributed by atoms with van der Waals surface area (Å²) in [6.45, 7) is 4.04. The van der Waals surface area contributed by atoms with Gasteiger partial charge in [-0.2, -0.15) is 0 Å². The summed E-state index contributed by atoms with van der Waals surface area (Å²) in [5, 5.41) is 3.07. The normalized spacial score (nSPS) is 11.7. The maximum absolute atomic E-state index is 6.25. The molecule has 0 aliphatic carbocycles. The summed E-state index contributed by atoms with van der Waals surface area (Å²) >= 11 is 0. The maximum Gasteiger partial charge on any atom is 0.227 e. The Morgan fingerprint density at radius 1 is 0.767 bits per heavy atom. The van der Waals surface area contributed by atoms with Gasteiger partial charge in [0.2, 0.25) is 5.71 Å². The van der Waals surface area contributed by atoms with Gasteiger partial charge in [-0.1, -0.05) is 42.5 Å². The Hall–Kier alpha value is -3.92. The monoisotopic (exact) mass is 390 g/mol. The molecule has 4 aromatic heterocycles. The van der Waals surface area contributed by atoms with Crippen LogP contribution in [0, 0.1) is 13.8 Å². The molecule has 30 heavy (non-hydrogen) atoms. The van der Waals surface area contributed by atoms with E-state index >= 15 is 0 Å². The average Bonchev–Trinajstić information content (AvgIpc) is 3.31. The minimum absolute atomic E-state index is 0.652. The number of aryl methyl sites for hydroxylation is 2. The Balaban J connectivity index is 1.56. The number of benzene rings is 2. The molecule has 0 radical (unpaired) electrons. The number of furan rings is 2. The molecule has 144 valence electrons. The van der Waals surface area contributed by atoms with Crippen LogP contribution in [-0.2, 0) is 0 Å². The third-order valence-corrected chi connectivity index (χ3v) is 5.64. The van der Waals surface area contributed by atoms with Gasteiger partial charge in [-0.15, -0.1) is 0 Å². The van der Waals surface area contributed by atoms with Crippen molar-refractivity contribution in [3.8, 4) is 22.6 Å². The first kappa shape index (κ1) is 17.0. The molecular weight excluding hydrogens is 372 g/mol. The molecule has 0 spiro atoms. The van der Waals surface area contributed by atoms with Crippen LogP contribution in [0.1, 0.15) is 11.3 Å². The largest absolute Gasteiger partial charge is 0.456 e. The Labute approximate surface area is 172 Å². The fourth-order valence-electron chi connectivity index (χ4n) is 4.10. The molecule has 2 aromatic carbocycles. The summed E-state index contributed by atoms with van der Waals surface area (Å²) in [6, 6.07) is 22.3. The summed E-state index contributed by atoms with van der Waals surface area (Å²) in [6.07, 6.45) is 1.89. The van der Waals surface area contributed by atoms with E-state index in [-0.39, 0.29) is 0 Å². The molecule has 0 atom stereocenters. The van der Waals surface area contributed by atoms with Gasteiger partial charge in [-0.05, 0) is 32.0 Å². The van der Waals surface area contributed by atoms with Crippen LogP contribution in [-0.4, -0.2) is 9.97 Å². The van der Waals surface area contributed by atoms with Crippen LogP contribution < -0.4 is 0 Å². The highest BCUT2D eigenvalue weighted by molar-refractivity contribution is 6.08. The van der Waals surface area contributed by atoms with Crippen molar-refractivity contribution < 1.29 is 8.83 Å². The Morgan fingerprint density at radius 3 is 2.50 bits per heavy atom. The first-order chi connectivity index (χ1) is 14.7. The van der Waals surface area contributed by atoms with E-state index in [9.17, 15) is 0 Å². The number of pyridine rings is 2. The fourth-order valence-corrected chi connectivity index (χ4v) is 4.10. The number of hydrogen-bond acceptors (Lipinski definition) is 4. The van der Waals surface area contributed by atoms with Crippen molar-refractivity contribution in [2.24, 2.45) is 0 Å². The molecule has 4 heteroatoms. The van der Waals surface area contributed by atoms with Crippen molar-refractivity contribution in [3.05, 3.63) is 84.2 Å². The second kappa shape index (κ2) is 6.29. The molecular formula is C26H18N2O2. The summed E-state index contributed by atoms with van der Waals surface area (Å²) < 4.78 is 12.4. The van der Waals surface area contributed by atoms with E-state index in [1.807, 2.05) is 55.6 Å². The van der Waals surface area contributed by atoms with Crippen LogP contribution >= 0.6 is 0 Å². The topological polar surface area (TPSA) is 52.1 Å². The van der Waals surface area contributed by atoms with E-state index in [1.54, 1.807) is 0 Å². The molecule has 0 saturated carbocycles. The van der Waals surface area contributed by atoms with E-state index in [2.05, 4.69) is 36.2 Å². The Kier molecular flexibility index (Phi) is 3.56. The minimum atomic E-state index is 0.652. The quantitative estimate of drug-likeness (QED) is 0.317. The summed E-state index contributed by atoms with van der Waals surface area (Å²) in [4.78, 5) is 9.28. The van der Waals surface area contributed by atoms with Crippen molar-refractivity contribution >= 4 is 33.0 Å². The number of hydrogen-bond donors (Lipinski definition) is 0. The third-order valence-electron chi connectivity index (χ3n) is 5.64. The van der Waals surface area contributed by atoms with Gasteiger partial charge in [0.25, 0.3) is 0 Å². The smallest absolute Gasteiger partial charge is 0.227 e. The van der Waals surface area contributed by atoms with E-state index in [0.717, 1.165) is 61.2 Å². The number of aromatic nitrogens is 2. The first-order valence-electron chi connectivity index (χ1n) is 9.93. The van der Waals surface area contributed by atoms with E-state index in [0.29, 0.717) is 5.71 Å². The van der Waals surface area contributed by atoms with Crippen LogP contribution in [0.25, 0.3) is 55.6 Å². The Bertz CT molecular complexity index is 1560. The molecule has 0 aliphatic heterocycles. The molecule has 0 bridgehead atoms. The van der Waals surface area contributed by atoms with Gasteiger partial charge in [0, 0.05) is 50.8 Å². The highest BCUT2D eigenvalue weighted by atomic mass is 16.3. The zero-order valence-electron chi connectivity index (χ0n) is 16.6. The van der Waals surface area contributed by atoms with Crippen molar-refractivity contribution in [3.63, 3.8) is 0 Å². The lowest BCUT2D eigenvalue weighted by molar-refractivity contribution is 0.629. The van der Waals surface area contributed by atoms with E-state index in [4.69, 9.17) is 13.8 Å². The van der Waals surface area contributed by atoms with Gasteiger partial charge in [0.1, 0.15) is 16.9 Å². The van der Waals surface area contributed by atoms with Gasteiger partial charge in [-0.3, -0.25) is 4.98 Å². The van der Waals surface area contributed by atoms with Gasteiger partial charge in [0.15, 0.2) is 0 Å². The van der Waals surface area contributed by atoms with Crippen LogP contribution in [0.3, 0.4) is 0 Å². The fraction of sp³-hybridized carbons (Fsp3) is 0.0769. The zero-order valence-corrected chi connectivity index (χ0v) is 16.6. The van der Waals surface area contributed by atoms with Crippen LogP contribution in [0.4, 0.5) is 0 Å². The summed E-state index contributed by atoms with van der Waals surface area (Å²) in [7, 11) is 0. The van der Waals surface area contributed by atoms with Gasteiger partial charge >= 0.3 is 0 Å². The highest BCUT2D eigenvalue weighted by Gasteiger charge is 2.17. The van der Waals surface area contributed by atoms with Crippen LogP contribution in [0.15, 0.2) is 81.8 Å². The summed E-state index contributed by atoms with van der Waals surface area (Å²) in [5.41, 5.74) is 7.10. The van der Waals surface area contributed by atoms with Gasteiger partial charge in [0.05, 0.1) is 5.69 Å². The number of para-hydroxylation sites is 1. The molecule has 0 amide bonds. The second-order valence-corrected chi connectivity index (χ2v) is 7.58. The SMILES string of the molecule is Cc1ccc2c(n1)oc1c(-c3cc4oc(-c5ccccc5)c(C)c4cn3)cccc12. The molecule has 0 unspecified atom stereocenters.